The van der Waals surface area contributed by atoms with Gasteiger partial charge in [0.05, 0.1) is 18.8 Å². The van der Waals surface area contributed by atoms with E-state index in [9.17, 15) is 9.59 Å². The van der Waals surface area contributed by atoms with Crippen molar-refractivity contribution in [1.29, 1.82) is 0 Å². The lowest BCUT2D eigenvalue weighted by atomic mass is 9.82. The lowest BCUT2D eigenvalue weighted by molar-refractivity contribution is -0.137. The fourth-order valence-corrected chi connectivity index (χ4v) is 3.01. The second-order valence-corrected chi connectivity index (χ2v) is 8.85. The zero-order chi connectivity index (χ0) is 20.0. The van der Waals surface area contributed by atoms with Crippen molar-refractivity contribution in [3.8, 4) is 11.8 Å². The molecule has 0 aromatic carbocycles. The molecule has 0 radical (unpaired) electrons. The Labute approximate surface area is 162 Å². The van der Waals surface area contributed by atoms with Gasteiger partial charge in [-0.25, -0.2) is 9.59 Å². The number of ether oxygens (including phenoxy) is 3. The molecule has 6 nitrogen and oxygen atoms in total. The number of piperidine rings is 1. The molecule has 6 heteroatoms. The Morgan fingerprint density at radius 2 is 1.74 bits per heavy atom. The van der Waals surface area contributed by atoms with E-state index in [1.807, 2.05) is 34.6 Å². The van der Waals surface area contributed by atoms with Crippen molar-refractivity contribution in [3.63, 3.8) is 0 Å². The van der Waals surface area contributed by atoms with Crippen LogP contribution in [0.4, 0.5) is 4.79 Å². The summed E-state index contributed by atoms with van der Waals surface area (Å²) in [6, 6.07) is 0. The molecule has 152 valence electrons. The van der Waals surface area contributed by atoms with Gasteiger partial charge in [0.25, 0.3) is 0 Å². The molecule has 0 aromatic rings. The van der Waals surface area contributed by atoms with E-state index >= 15 is 0 Å². The highest BCUT2D eigenvalue weighted by molar-refractivity contribution is 5.88. The molecule has 0 unspecified atom stereocenters. The number of likely N-dealkylation sites (tertiary alicyclic amines) is 1. The van der Waals surface area contributed by atoms with E-state index in [2.05, 4.69) is 11.8 Å². The van der Waals surface area contributed by atoms with Gasteiger partial charge in [-0.3, -0.25) is 0 Å². The van der Waals surface area contributed by atoms with E-state index in [-0.39, 0.29) is 24.2 Å². The molecule has 27 heavy (non-hydrogen) atoms. The molecule has 1 heterocycles. The molecule has 1 amide bonds. The summed E-state index contributed by atoms with van der Waals surface area (Å²) in [5.41, 5.74) is -0.465. The average Bonchev–Trinajstić information content (AvgIpc) is 2.53. The Balaban J connectivity index is 1.62. The molecule has 2 rings (SSSR count). The minimum absolute atomic E-state index is 0.179. The Kier molecular flexibility index (Phi) is 7.55. The molecule has 1 saturated heterocycles. The van der Waals surface area contributed by atoms with Crippen LogP contribution in [0.1, 0.15) is 60.3 Å². The molecule has 1 saturated carbocycles. The maximum atomic E-state index is 12.1. The number of carbonyl (C=O) groups is 2. The van der Waals surface area contributed by atoms with Crippen molar-refractivity contribution < 1.29 is 23.8 Å². The van der Waals surface area contributed by atoms with Crippen molar-refractivity contribution in [2.75, 3.05) is 19.7 Å². The number of hydrogen-bond donors (Lipinski definition) is 0. The molecular weight excluding hydrogens is 346 g/mol. The van der Waals surface area contributed by atoms with E-state index in [1.165, 1.54) is 0 Å². The van der Waals surface area contributed by atoms with Crippen molar-refractivity contribution >= 4 is 12.1 Å². The van der Waals surface area contributed by atoms with Gasteiger partial charge in [0, 0.05) is 24.9 Å². The van der Waals surface area contributed by atoms with Crippen molar-refractivity contribution in [1.82, 2.24) is 4.90 Å². The predicted octanol–water partition coefficient (Wildman–Crippen LogP) is 3.38. The molecule has 1 aliphatic heterocycles. The molecule has 0 N–H and O–H groups in total. The smallest absolute Gasteiger partial charge is 0.410 e. The average molecular weight is 379 g/mol. The van der Waals surface area contributed by atoms with Crippen molar-refractivity contribution in [2.24, 2.45) is 11.8 Å². The zero-order valence-corrected chi connectivity index (χ0v) is 17.2. The standard InChI is InChI=1S/C21H33NO5/c1-15(2)14-25-19(23)7-6-16-12-18(13-16)26-17-8-10-22(11-9-17)20(24)27-21(3,4)5/h15-18H,8-14H2,1-5H3. The third kappa shape index (κ3) is 7.80. The Hall–Kier alpha value is -1.74. The number of esters is 1. The molecule has 1 aliphatic carbocycles. The van der Waals surface area contributed by atoms with Crippen LogP contribution in [0.3, 0.4) is 0 Å². The summed E-state index contributed by atoms with van der Waals surface area (Å²) < 4.78 is 16.6. The summed E-state index contributed by atoms with van der Waals surface area (Å²) in [7, 11) is 0. The lowest BCUT2D eigenvalue weighted by Crippen LogP contribution is -2.45. The Bertz CT molecular complexity index is 570. The molecule has 0 atom stereocenters. The predicted molar refractivity (Wildman–Crippen MR) is 102 cm³/mol. The van der Waals surface area contributed by atoms with Crippen LogP contribution in [0.25, 0.3) is 0 Å². The van der Waals surface area contributed by atoms with Gasteiger partial charge in [0.15, 0.2) is 0 Å². The first-order chi connectivity index (χ1) is 12.6. The van der Waals surface area contributed by atoms with E-state index in [1.54, 1.807) is 4.90 Å². The normalized spacial score (nSPS) is 23.3. The van der Waals surface area contributed by atoms with Crippen LogP contribution >= 0.6 is 0 Å². The zero-order valence-electron chi connectivity index (χ0n) is 17.2. The van der Waals surface area contributed by atoms with E-state index in [0.29, 0.717) is 25.6 Å². The van der Waals surface area contributed by atoms with Gasteiger partial charge >= 0.3 is 12.1 Å². The highest BCUT2D eigenvalue weighted by atomic mass is 16.6. The van der Waals surface area contributed by atoms with Crippen LogP contribution in [0.2, 0.25) is 0 Å². The highest BCUT2D eigenvalue weighted by Crippen LogP contribution is 2.32. The summed E-state index contributed by atoms with van der Waals surface area (Å²) in [4.78, 5) is 25.3. The monoisotopic (exact) mass is 379 g/mol. The van der Waals surface area contributed by atoms with Gasteiger partial charge in [-0.05, 0) is 52.4 Å². The lowest BCUT2D eigenvalue weighted by Gasteiger charge is -2.38. The first-order valence-corrected chi connectivity index (χ1v) is 9.94. The van der Waals surface area contributed by atoms with Crippen molar-refractivity contribution in [3.05, 3.63) is 0 Å². The molecule has 2 aliphatic rings. The summed E-state index contributed by atoms with van der Waals surface area (Å²) in [5.74, 6) is 5.64. The fraction of sp³-hybridized carbons (Fsp3) is 0.810. The van der Waals surface area contributed by atoms with Gasteiger partial charge < -0.3 is 19.1 Å². The van der Waals surface area contributed by atoms with Gasteiger partial charge in [0.1, 0.15) is 5.60 Å². The first-order valence-electron chi connectivity index (χ1n) is 9.94. The molecule has 0 bridgehead atoms. The highest BCUT2D eigenvalue weighted by Gasteiger charge is 2.33. The number of carbonyl (C=O) groups excluding carboxylic acids is 2. The summed E-state index contributed by atoms with van der Waals surface area (Å²) in [5, 5.41) is 0. The van der Waals surface area contributed by atoms with Crippen LogP contribution in [-0.4, -0.2) is 54.5 Å². The SMILES string of the molecule is CC(C)COC(=O)C#CC1CC(OC2CCN(C(=O)OC(C)(C)C)CC2)C1. The maximum absolute atomic E-state index is 12.1. The summed E-state index contributed by atoms with van der Waals surface area (Å²) >= 11 is 0. The third-order valence-corrected chi connectivity index (χ3v) is 4.50. The van der Waals surface area contributed by atoms with Gasteiger partial charge in [-0.15, -0.1) is 0 Å². The quantitative estimate of drug-likeness (QED) is 0.426. The second-order valence-electron chi connectivity index (χ2n) is 8.85. The Morgan fingerprint density at radius 1 is 1.11 bits per heavy atom. The van der Waals surface area contributed by atoms with E-state index in [4.69, 9.17) is 14.2 Å². The topological polar surface area (TPSA) is 65.1 Å². The van der Waals surface area contributed by atoms with Gasteiger partial charge in [-0.1, -0.05) is 19.8 Å². The van der Waals surface area contributed by atoms with E-state index < -0.39 is 11.6 Å². The third-order valence-electron chi connectivity index (χ3n) is 4.50. The van der Waals surface area contributed by atoms with Crippen LogP contribution in [0.5, 0.6) is 0 Å². The fourth-order valence-electron chi connectivity index (χ4n) is 3.01. The van der Waals surface area contributed by atoms with Crippen LogP contribution < -0.4 is 0 Å². The summed E-state index contributed by atoms with van der Waals surface area (Å²) in [6.45, 7) is 11.3. The van der Waals surface area contributed by atoms with E-state index in [0.717, 1.165) is 25.7 Å². The maximum Gasteiger partial charge on any atom is 0.410 e. The number of nitrogens with zero attached hydrogens (tertiary/aromatic N) is 1. The van der Waals surface area contributed by atoms with Crippen LogP contribution in [0, 0.1) is 23.7 Å². The molecule has 0 aromatic heterocycles. The molecule has 0 spiro atoms. The van der Waals surface area contributed by atoms with Crippen LogP contribution in [-0.2, 0) is 19.0 Å². The van der Waals surface area contributed by atoms with Gasteiger partial charge in [-0.2, -0.15) is 0 Å². The van der Waals surface area contributed by atoms with Gasteiger partial charge in [0.2, 0.25) is 0 Å². The van der Waals surface area contributed by atoms with Crippen LogP contribution in [0.15, 0.2) is 0 Å². The number of hydrogen-bond acceptors (Lipinski definition) is 5. The number of rotatable bonds is 4. The van der Waals surface area contributed by atoms with Crippen molar-refractivity contribution in [2.45, 2.75) is 78.1 Å². The first kappa shape index (κ1) is 21.6. The number of amides is 1. The minimum Gasteiger partial charge on any atom is -0.456 e. The molecule has 2 fully saturated rings. The second kappa shape index (κ2) is 9.45. The largest absolute Gasteiger partial charge is 0.456 e. The Morgan fingerprint density at radius 3 is 2.30 bits per heavy atom. The molecular formula is C21H33NO5. The summed E-state index contributed by atoms with van der Waals surface area (Å²) in [6.07, 6.45) is 3.51. The minimum atomic E-state index is -0.465.